The second-order valence-electron chi connectivity index (χ2n) is 5.64. The largest absolute Gasteiger partial charge is 0.396 e. The van der Waals surface area contributed by atoms with Gasteiger partial charge in [0.2, 0.25) is 0 Å². The first-order valence-corrected chi connectivity index (χ1v) is 7.39. The molecule has 1 aliphatic heterocycles. The van der Waals surface area contributed by atoms with Crippen LogP contribution in [0.15, 0.2) is 0 Å². The van der Waals surface area contributed by atoms with Crippen molar-refractivity contribution in [1.82, 2.24) is 4.90 Å². The van der Waals surface area contributed by atoms with Crippen LogP contribution in [0.2, 0.25) is 0 Å². The van der Waals surface area contributed by atoms with Gasteiger partial charge in [0.05, 0.1) is 0 Å². The molecule has 0 spiro atoms. The van der Waals surface area contributed by atoms with Crippen LogP contribution in [-0.2, 0) is 0 Å². The summed E-state index contributed by atoms with van der Waals surface area (Å²) in [6, 6.07) is 0.740. The summed E-state index contributed by atoms with van der Waals surface area (Å²) in [5.74, 6) is 1.05. The number of likely N-dealkylation sites (tertiary alicyclic amines) is 1. The van der Waals surface area contributed by atoms with Crippen LogP contribution in [0, 0.1) is 5.41 Å². The first-order valence-electron chi connectivity index (χ1n) is 6.75. The molecule has 2 aliphatic rings. The summed E-state index contributed by atoms with van der Waals surface area (Å²) in [7, 11) is 0. The average Bonchev–Trinajstić information content (AvgIpc) is 2.68. The van der Waals surface area contributed by atoms with Gasteiger partial charge in [0.1, 0.15) is 0 Å². The van der Waals surface area contributed by atoms with Crippen LogP contribution in [0.1, 0.15) is 44.9 Å². The highest BCUT2D eigenvalue weighted by atomic mass is 32.1. The smallest absolute Gasteiger partial charge is 0.0431 e. The normalized spacial score (nSPS) is 29.2. The van der Waals surface area contributed by atoms with Gasteiger partial charge < -0.3 is 5.11 Å². The molecular formula is C13H25NOS. The zero-order valence-corrected chi connectivity index (χ0v) is 11.1. The van der Waals surface area contributed by atoms with E-state index in [1.807, 2.05) is 0 Å². The molecule has 2 nitrogen and oxygen atoms in total. The third-order valence-corrected chi connectivity index (χ3v) is 5.15. The van der Waals surface area contributed by atoms with Crippen molar-refractivity contribution >= 4 is 12.6 Å². The molecule has 1 unspecified atom stereocenters. The van der Waals surface area contributed by atoms with Crippen molar-refractivity contribution in [3.63, 3.8) is 0 Å². The molecule has 0 aromatic rings. The van der Waals surface area contributed by atoms with Gasteiger partial charge in [-0.15, -0.1) is 0 Å². The minimum absolute atomic E-state index is 0.349. The van der Waals surface area contributed by atoms with Crippen LogP contribution in [0.5, 0.6) is 0 Å². The summed E-state index contributed by atoms with van der Waals surface area (Å²) in [6.45, 7) is 2.88. The van der Waals surface area contributed by atoms with E-state index in [1.54, 1.807) is 0 Å². The Hall–Kier alpha value is 0.270. The molecule has 1 saturated heterocycles. The molecule has 1 atom stereocenters. The third-order valence-electron chi connectivity index (χ3n) is 4.48. The number of hydrogen-bond acceptors (Lipinski definition) is 3. The molecule has 1 saturated carbocycles. The van der Waals surface area contributed by atoms with Crippen LogP contribution in [0.4, 0.5) is 0 Å². The highest BCUT2D eigenvalue weighted by molar-refractivity contribution is 7.80. The zero-order valence-electron chi connectivity index (χ0n) is 10.2. The number of rotatable bonds is 6. The lowest BCUT2D eigenvalue weighted by Crippen LogP contribution is -2.45. The van der Waals surface area contributed by atoms with Crippen LogP contribution in [0.3, 0.4) is 0 Å². The maximum absolute atomic E-state index is 8.92. The average molecular weight is 243 g/mol. The van der Waals surface area contributed by atoms with E-state index in [1.165, 1.54) is 51.6 Å². The molecule has 2 rings (SSSR count). The van der Waals surface area contributed by atoms with E-state index in [9.17, 15) is 0 Å². The second kappa shape index (κ2) is 5.74. The highest BCUT2D eigenvalue weighted by Crippen LogP contribution is 2.43. The van der Waals surface area contributed by atoms with Gasteiger partial charge in [-0.2, -0.15) is 12.6 Å². The maximum atomic E-state index is 8.92. The summed E-state index contributed by atoms with van der Waals surface area (Å²) >= 11 is 4.54. The predicted molar refractivity (Wildman–Crippen MR) is 71.1 cm³/mol. The summed E-state index contributed by atoms with van der Waals surface area (Å²) < 4.78 is 0. The van der Waals surface area contributed by atoms with Gasteiger partial charge in [0, 0.05) is 19.2 Å². The predicted octanol–water partition coefficient (Wildman–Crippen LogP) is 2.32. The van der Waals surface area contributed by atoms with Gasteiger partial charge in [0.25, 0.3) is 0 Å². The number of aliphatic hydroxyl groups is 1. The van der Waals surface area contributed by atoms with Gasteiger partial charge >= 0.3 is 0 Å². The molecule has 1 heterocycles. The lowest BCUT2D eigenvalue weighted by atomic mass is 9.70. The number of hydrogen-bond donors (Lipinski definition) is 2. The Morgan fingerprint density at radius 2 is 2.12 bits per heavy atom. The lowest BCUT2D eigenvalue weighted by Gasteiger charge is -2.45. The topological polar surface area (TPSA) is 23.5 Å². The van der Waals surface area contributed by atoms with Crippen LogP contribution < -0.4 is 0 Å². The zero-order chi connectivity index (χ0) is 11.4. The van der Waals surface area contributed by atoms with Crippen molar-refractivity contribution in [2.24, 2.45) is 5.41 Å². The monoisotopic (exact) mass is 243 g/mol. The minimum atomic E-state index is 0.349. The molecule has 0 aromatic heterocycles. The van der Waals surface area contributed by atoms with Crippen molar-refractivity contribution in [3.05, 3.63) is 0 Å². The Morgan fingerprint density at radius 1 is 1.31 bits per heavy atom. The number of nitrogens with zero attached hydrogens (tertiary/aromatic N) is 1. The molecule has 94 valence electrons. The third kappa shape index (κ3) is 2.74. The van der Waals surface area contributed by atoms with Crippen molar-refractivity contribution in [1.29, 1.82) is 0 Å². The standard InChI is InChI=1S/C13H25NOS/c15-9-2-5-12-4-1-8-14(12)10-13(11-16)6-3-7-13/h12,15-16H,1-11H2. The fraction of sp³-hybridized carbons (Fsp3) is 1.00. The molecule has 0 bridgehead atoms. The van der Waals surface area contributed by atoms with Gasteiger partial charge in [-0.1, -0.05) is 6.42 Å². The van der Waals surface area contributed by atoms with Gasteiger partial charge in [-0.25, -0.2) is 0 Å². The molecule has 0 aromatic carbocycles. The Kier molecular flexibility index (Phi) is 4.57. The van der Waals surface area contributed by atoms with Gasteiger partial charge in [-0.05, 0) is 56.2 Å². The highest BCUT2D eigenvalue weighted by Gasteiger charge is 2.39. The van der Waals surface area contributed by atoms with Crippen molar-refractivity contribution in [3.8, 4) is 0 Å². The molecule has 2 fully saturated rings. The Labute approximate surface area is 105 Å². The minimum Gasteiger partial charge on any atom is -0.396 e. The summed E-state index contributed by atoms with van der Waals surface area (Å²) in [5, 5.41) is 8.92. The SMILES string of the molecule is OCCCC1CCCN1CC1(CS)CCC1. The molecule has 1 N–H and O–H groups in total. The second-order valence-corrected chi connectivity index (χ2v) is 5.96. The summed E-state index contributed by atoms with van der Waals surface area (Å²) in [4.78, 5) is 2.67. The van der Waals surface area contributed by atoms with Crippen molar-refractivity contribution in [2.75, 3.05) is 25.4 Å². The fourth-order valence-corrected chi connectivity index (χ4v) is 3.65. The van der Waals surface area contributed by atoms with Crippen LogP contribution >= 0.6 is 12.6 Å². The summed E-state index contributed by atoms with van der Waals surface area (Å²) in [6.07, 6.45) is 8.98. The van der Waals surface area contributed by atoms with Crippen molar-refractivity contribution in [2.45, 2.75) is 51.0 Å². The maximum Gasteiger partial charge on any atom is 0.0431 e. The first-order chi connectivity index (χ1) is 7.79. The van der Waals surface area contributed by atoms with E-state index in [0.29, 0.717) is 12.0 Å². The number of thiol groups is 1. The molecule has 16 heavy (non-hydrogen) atoms. The summed E-state index contributed by atoms with van der Waals surface area (Å²) in [5.41, 5.74) is 0.533. The van der Waals surface area contributed by atoms with Crippen molar-refractivity contribution < 1.29 is 5.11 Å². The van der Waals surface area contributed by atoms with Crippen LogP contribution in [-0.4, -0.2) is 41.5 Å². The van der Waals surface area contributed by atoms with E-state index >= 15 is 0 Å². The molecule has 1 aliphatic carbocycles. The van der Waals surface area contributed by atoms with Crippen LogP contribution in [0.25, 0.3) is 0 Å². The molecule has 0 amide bonds. The Bertz CT molecular complexity index is 212. The van der Waals surface area contributed by atoms with E-state index in [0.717, 1.165) is 18.2 Å². The number of aliphatic hydroxyl groups excluding tert-OH is 1. The Morgan fingerprint density at radius 3 is 2.69 bits per heavy atom. The van der Waals surface area contributed by atoms with E-state index in [-0.39, 0.29) is 0 Å². The van der Waals surface area contributed by atoms with E-state index in [4.69, 9.17) is 5.11 Å². The molecule has 0 radical (unpaired) electrons. The Balaban J connectivity index is 1.83. The molecule has 3 heteroatoms. The van der Waals surface area contributed by atoms with Gasteiger partial charge in [-0.3, -0.25) is 4.90 Å². The first kappa shape index (κ1) is 12.7. The fourth-order valence-electron chi connectivity index (χ4n) is 3.23. The van der Waals surface area contributed by atoms with Gasteiger partial charge in [0.15, 0.2) is 0 Å². The quantitative estimate of drug-likeness (QED) is 0.700. The lowest BCUT2D eigenvalue weighted by molar-refractivity contribution is 0.0790. The van der Waals surface area contributed by atoms with E-state index in [2.05, 4.69) is 17.5 Å². The molecular weight excluding hydrogens is 218 g/mol. The van der Waals surface area contributed by atoms with E-state index < -0.39 is 0 Å².